The molecule has 0 aliphatic carbocycles. The van der Waals surface area contributed by atoms with Crippen LogP contribution >= 0.6 is 22.7 Å². The highest BCUT2D eigenvalue weighted by Gasteiger charge is 2.20. The van der Waals surface area contributed by atoms with Crippen LogP contribution in [0.2, 0.25) is 0 Å². The second kappa shape index (κ2) is 13.8. The summed E-state index contributed by atoms with van der Waals surface area (Å²) in [6, 6.07) is 67.7. The van der Waals surface area contributed by atoms with Gasteiger partial charge in [0, 0.05) is 68.2 Å². The van der Waals surface area contributed by atoms with Gasteiger partial charge in [0.05, 0.1) is 11.4 Å². The summed E-state index contributed by atoms with van der Waals surface area (Å²) in [6.45, 7) is 2.16. The van der Waals surface area contributed by atoms with Gasteiger partial charge < -0.3 is 0 Å². The molecular weight excluding hydrogens is 729 g/mol. The molecule has 8 aromatic carbocycles. The highest BCUT2D eigenvalue weighted by Crippen LogP contribution is 2.46. The van der Waals surface area contributed by atoms with E-state index in [1.807, 2.05) is 28.7 Å². The van der Waals surface area contributed by atoms with Crippen LogP contribution in [0.1, 0.15) is 5.56 Å². The Balaban J connectivity index is 1.08. The van der Waals surface area contributed by atoms with Crippen molar-refractivity contribution in [2.45, 2.75) is 6.92 Å². The Morgan fingerprint density at radius 2 is 0.877 bits per heavy atom. The van der Waals surface area contributed by atoms with Gasteiger partial charge in [-0.15, -0.1) is 22.7 Å². The van der Waals surface area contributed by atoms with E-state index in [-0.39, 0.29) is 0 Å². The van der Waals surface area contributed by atoms with E-state index < -0.39 is 0 Å². The SMILES string of the molecule is Cc1c(-c2ccccc2)nc(-c2ccccc2)nc1-c1cccc2c1sc1cc(-c3cc(-c4ccc(-c5ccccc5)cc4)cc4c3sc3ccccc34)ccc12. The number of thiophene rings is 2. The Hall–Kier alpha value is -6.72. The Labute approximate surface area is 339 Å². The lowest BCUT2D eigenvalue weighted by molar-refractivity contribution is 1.15. The van der Waals surface area contributed by atoms with Gasteiger partial charge in [0.1, 0.15) is 0 Å². The predicted octanol–water partition coefficient (Wildman–Crippen LogP) is 15.5. The number of benzene rings is 8. The van der Waals surface area contributed by atoms with Gasteiger partial charge in [-0.25, -0.2) is 9.97 Å². The second-order valence-corrected chi connectivity index (χ2v) is 16.6. The molecule has 268 valence electrons. The van der Waals surface area contributed by atoms with Crippen molar-refractivity contribution < 1.29 is 0 Å². The smallest absolute Gasteiger partial charge is 0.160 e. The molecule has 0 unspecified atom stereocenters. The molecule has 4 heteroatoms. The molecule has 0 bridgehead atoms. The molecule has 3 heterocycles. The van der Waals surface area contributed by atoms with Crippen molar-refractivity contribution in [2.24, 2.45) is 0 Å². The Morgan fingerprint density at radius 3 is 1.63 bits per heavy atom. The van der Waals surface area contributed by atoms with Crippen molar-refractivity contribution in [3.05, 3.63) is 194 Å². The van der Waals surface area contributed by atoms with Crippen LogP contribution in [0, 0.1) is 6.92 Å². The molecular formula is C53H34N2S2. The van der Waals surface area contributed by atoms with E-state index in [4.69, 9.17) is 9.97 Å². The first-order valence-electron chi connectivity index (χ1n) is 19.2. The normalized spacial score (nSPS) is 11.6. The molecule has 11 aromatic rings. The third-order valence-electron chi connectivity index (χ3n) is 11.1. The van der Waals surface area contributed by atoms with Gasteiger partial charge in [-0.05, 0) is 59.0 Å². The van der Waals surface area contributed by atoms with Crippen molar-refractivity contribution >= 4 is 63.0 Å². The monoisotopic (exact) mass is 762 g/mol. The van der Waals surface area contributed by atoms with Crippen LogP contribution in [0.15, 0.2) is 188 Å². The molecule has 2 nitrogen and oxygen atoms in total. The number of rotatable bonds is 6. The van der Waals surface area contributed by atoms with Gasteiger partial charge in [-0.3, -0.25) is 0 Å². The Morgan fingerprint density at radius 1 is 0.333 bits per heavy atom. The quantitative estimate of drug-likeness (QED) is 0.169. The molecule has 0 amide bonds. The van der Waals surface area contributed by atoms with Crippen molar-refractivity contribution in [3.8, 4) is 67.3 Å². The van der Waals surface area contributed by atoms with Gasteiger partial charge >= 0.3 is 0 Å². The zero-order valence-electron chi connectivity index (χ0n) is 31.1. The van der Waals surface area contributed by atoms with E-state index in [1.54, 1.807) is 0 Å². The number of fused-ring (bicyclic) bond motifs is 6. The molecule has 0 spiro atoms. The number of aromatic nitrogens is 2. The highest BCUT2D eigenvalue weighted by atomic mass is 32.1. The summed E-state index contributed by atoms with van der Waals surface area (Å²) in [4.78, 5) is 10.4. The van der Waals surface area contributed by atoms with E-state index in [2.05, 4.69) is 189 Å². The minimum Gasteiger partial charge on any atom is -0.228 e. The molecule has 0 aliphatic rings. The molecule has 0 saturated carbocycles. The summed E-state index contributed by atoms with van der Waals surface area (Å²) >= 11 is 3.74. The van der Waals surface area contributed by atoms with Crippen LogP contribution in [-0.2, 0) is 0 Å². The largest absolute Gasteiger partial charge is 0.228 e. The maximum atomic E-state index is 5.30. The zero-order valence-corrected chi connectivity index (χ0v) is 32.7. The summed E-state index contributed by atoms with van der Waals surface area (Å²) < 4.78 is 5.13. The predicted molar refractivity (Wildman–Crippen MR) is 245 cm³/mol. The summed E-state index contributed by atoms with van der Waals surface area (Å²) in [7, 11) is 0. The van der Waals surface area contributed by atoms with Gasteiger partial charge in [0.2, 0.25) is 0 Å². The summed E-state index contributed by atoms with van der Waals surface area (Å²) in [5.41, 5.74) is 13.6. The second-order valence-electron chi connectivity index (χ2n) is 14.5. The zero-order chi connectivity index (χ0) is 37.9. The van der Waals surface area contributed by atoms with E-state index in [0.717, 1.165) is 39.5 Å². The molecule has 57 heavy (non-hydrogen) atoms. The summed E-state index contributed by atoms with van der Waals surface area (Å²) in [5, 5.41) is 5.12. The first-order chi connectivity index (χ1) is 28.2. The summed E-state index contributed by atoms with van der Waals surface area (Å²) in [5.74, 6) is 0.734. The maximum Gasteiger partial charge on any atom is 0.160 e. The number of nitrogens with zero attached hydrogens (tertiary/aromatic N) is 2. The van der Waals surface area contributed by atoms with Gasteiger partial charge in [-0.2, -0.15) is 0 Å². The Bertz CT molecular complexity index is 3270. The molecule has 0 N–H and O–H groups in total. The average molecular weight is 763 g/mol. The van der Waals surface area contributed by atoms with E-state index in [0.29, 0.717) is 0 Å². The van der Waals surface area contributed by atoms with E-state index >= 15 is 0 Å². The third kappa shape index (κ3) is 5.85. The fourth-order valence-corrected chi connectivity index (χ4v) is 10.7. The first-order valence-corrected chi connectivity index (χ1v) is 20.9. The molecule has 0 saturated heterocycles. The minimum absolute atomic E-state index is 0.734. The molecule has 0 radical (unpaired) electrons. The standard InChI is InChI=1S/C53H34N2S2/c1-33-49(37-16-7-3-8-17-37)54-53(38-18-9-4-10-19-38)55-50(33)44-22-13-21-43-42-29-28-39(32-48(42)57-51(43)44)45-30-40(31-46-41-20-11-12-23-47(41)56-52(45)46)36-26-24-35(25-27-36)34-14-5-2-6-15-34/h2-32H,1H3. The van der Waals surface area contributed by atoms with Crippen LogP contribution in [0.4, 0.5) is 0 Å². The van der Waals surface area contributed by atoms with Crippen LogP contribution in [0.25, 0.3) is 108 Å². The molecule has 3 aromatic heterocycles. The molecule has 11 rings (SSSR count). The fourth-order valence-electron chi connectivity index (χ4n) is 8.22. The van der Waals surface area contributed by atoms with Crippen LogP contribution in [0.3, 0.4) is 0 Å². The minimum atomic E-state index is 0.734. The fraction of sp³-hybridized carbons (Fsp3) is 0.0189. The average Bonchev–Trinajstić information content (AvgIpc) is 3.85. The van der Waals surface area contributed by atoms with Gasteiger partial charge in [0.25, 0.3) is 0 Å². The molecule has 0 aliphatic heterocycles. The molecule has 0 atom stereocenters. The van der Waals surface area contributed by atoms with Crippen LogP contribution in [0.5, 0.6) is 0 Å². The van der Waals surface area contributed by atoms with Gasteiger partial charge in [0.15, 0.2) is 5.82 Å². The van der Waals surface area contributed by atoms with Crippen molar-refractivity contribution in [3.63, 3.8) is 0 Å². The maximum absolute atomic E-state index is 5.30. The number of hydrogen-bond donors (Lipinski definition) is 0. The van der Waals surface area contributed by atoms with E-state index in [9.17, 15) is 0 Å². The number of hydrogen-bond acceptors (Lipinski definition) is 4. The third-order valence-corrected chi connectivity index (χ3v) is 13.5. The molecule has 0 fully saturated rings. The van der Waals surface area contributed by atoms with Crippen molar-refractivity contribution in [1.29, 1.82) is 0 Å². The first kappa shape index (κ1) is 33.6. The Kier molecular flexibility index (Phi) is 8.13. The lowest BCUT2D eigenvalue weighted by Crippen LogP contribution is -2.00. The van der Waals surface area contributed by atoms with E-state index in [1.165, 1.54) is 73.7 Å². The van der Waals surface area contributed by atoms with Crippen LogP contribution in [-0.4, -0.2) is 9.97 Å². The van der Waals surface area contributed by atoms with Crippen LogP contribution < -0.4 is 0 Å². The highest BCUT2D eigenvalue weighted by molar-refractivity contribution is 7.27. The summed E-state index contributed by atoms with van der Waals surface area (Å²) in [6.07, 6.45) is 0. The van der Waals surface area contributed by atoms with Crippen molar-refractivity contribution in [1.82, 2.24) is 9.97 Å². The topological polar surface area (TPSA) is 25.8 Å². The lowest BCUT2D eigenvalue weighted by atomic mass is 9.94. The van der Waals surface area contributed by atoms with Gasteiger partial charge in [-0.1, -0.05) is 164 Å². The van der Waals surface area contributed by atoms with Crippen molar-refractivity contribution in [2.75, 3.05) is 0 Å². The lowest BCUT2D eigenvalue weighted by Gasteiger charge is -2.14.